The fourth-order valence-corrected chi connectivity index (χ4v) is 1.75. The van der Waals surface area contributed by atoms with E-state index in [9.17, 15) is 13.2 Å². The Balaban J connectivity index is 2.77. The van der Waals surface area contributed by atoms with Gasteiger partial charge in [0.1, 0.15) is 0 Å². The number of anilines is 1. The monoisotopic (exact) mass is 277 g/mol. The Morgan fingerprint density at radius 2 is 2.11 bits per heavy atom. The average molecular weight is 278 g/mol. The second-order valence-corrected chi connectivity index (χ2v) is 4.51. The molecule has 0 amide bonds. The molecule has 0 aliphatic rings. The van der Waals surface area contributed by atoms with Crippen molar-refractivity contribution in [2.24, 2.45) is 0 Å². The molecule has 0 spiro atoms. The van der Waals surface area contributed by atoms with Gasteiger partial charge in [0.15, 0.2) is 0 Å². The quantitative estimate of drug-likeness (QED) is 0.736. The topological polar surface area (TPSA) is 12.0 Å². The van der Waals surface area contributed by atoms with E-state index in [1.54, 1.807) is 6.08 Å². The van der Waals surface area contributed by atoms with Crippen LogP contribution in [0.25, 0.3) is 0 Å². The Bertz CT molecular complexity index is 415. The zero-order chi connectivity index (χ0) is 13.8. The molecule has 5 heteroatoms. The standard InChI is InChI=1S/C13H15ClF3N/c1-3-4-5-9(2)18-12-7-6-10(8-11(12)14)13(15,16)17/h3,6-9,18H,1,4-5H2,2H3. The molecule has 100 valence electrons. The minimum Gasteiger partial charge on any atom is -0.381 e. The molecular weight excluding hydrogens is 263 g/mol. The van der Waals surface area contributed by atoms with Crippen LogP contribution < -0.4 is 5.32 Å². The van der Waals surface area contributed by atoms with E-state index in [1.807, 2.05) is 6.92 Å². The Kier molecular flexibility index (Phi) is 5.08. The lowest BCUT2D eigenvalue weighted by Gasteiger charge is -2.16. The first-order valence-electron chi connectivity index (χ1n) is 5.58. The average Bonchev–Trinajstić information content (AvgIpc) is 2.27. The van der Waals surface area contributed by atoms with Crippen molar-refractivity contribution in [2.75, 3.05) is 5.32 Å². The van der Waals surface area contributed by atoms with Crippen molar-refractivity contribution in [3.63, 3.8) is 0 Å². The number of benzene rings is 1. The van der Waals surface area contributed by atoms with Crippen molar-refractivity contribution in [1.29, 1.82) is 0 Å². The summed E-state index contributed by atoms with van der Waals surface area (Å²) in [7, 11) is 0. The first-order chi connectivity index (χ1) is 8.34. The summed E-state index contributed by atoms with van der Waals surface area (Å²) < 4.78 is 37.3. The van der Waals surface area contributed by atoms with Crippen LogP contribution in [0, 0.1) is 0 Å². The smallest absolute Gasteiger partial charge is 0.381 e. The van der Waals surface area contributed by atoms with E-state index in [0.717, 1.165) is 25.0 Å². The second-order valence-electron chi connectivity index (χ2n) is 4.10. The summed E-state index contributed by atoms with van der Waals surface area (Å²) in [6.45, 7) is 5.56. The van der Waals surface area contributed by atoms with Crippen LogP contribution in [0.2, 0.25) is 5.02 Å². The Hall–Kier alpha value is -1.16. The highest BCUT2D eigenvalue weighted by molar-refractivity contribution is 6.33. The molecule has 1 atom stereocenters. The lowest BCUT2D eigenvalue weighted by Crippen LogP contribution is -2.15. The van der Waals surface area contributed by atoms with E-state index in [2.05, 4.69) is 11.9 Å². The highest BCUT2D eigenvalue weighted by atomic mass is 35.5. The first kappa shape index (κ1) is 14.9. The van der Waals surface area contributed by atoms with E-state index in [1.165, 1.54) is 6.07 Å². The van der Waals surface area contributed by atoms with Crippen LogP contribution in [0.4, 0.5) is 18.9 Å². The summed E-state index contributed by atoms with van der Waals surface area (Å²) in [6, 6.07) is 3.44. The normalized spacial score (nSPS) is 13.2. The van der Waals surface area contributed by atoms with Gasteiger partial charge in [0.05, 0.1) is 16.3 Å². The summed E-state index contributed by atoms with van der Waals surface area (Å²) in [5, 5.41) is 3.16. The first-order valence-corrected chi connectivity index (χ1v) is 5.96. The fourth-order valence-electron chi connectivity index (χ4n) is 1.51. The van der Waals surface area contributed by atoms with Crippen molar-refractivity contribution < 1.29 is 13.2 Å². The van der Waals surface area contributed by atoms with Crippen molar-refractivity contribution in [2.45, 2.75) is 32.0 Å². The molecule has 0 heterocycles. The van der Waals surface area contributed by atoms with Crippen LogP contribution in [-0.4, -0.2) is 6.04 Å². The van der Waals surface area contributed by atoms with Gasteiger partial charge in [-0.3, -0.25) is 0 Å². The second kappa shape index (κ2) is 6.14. The molecule has 0 saturated heterocycles. The molecule has 1 N–H and O–H groups in total. The molecule has 18 heavy (non-hydrogen) atoms. The predicted octanol–water partition coefficient (Wildman–Crippen LogP) is 5.13. The van der Waals surface area contributed by atoms with E-state index in [0.29, 0.717) is 5.69 Å². The van der Waals surface area contributed by atoms with Gasteiger partial charge in [-0.1, -0.05) is 17.7 Å². The number of rotatable bonds is 5. The zero-order valence-electron chi connectivity index (χ0n) is 10.0. The Labute approximate surface area is 110 Å². The third-order valence-corrected chi connectivity index (χ3v) is 2.81. The summed E-state index contributed by atoms with van der Waals surface area (Å²) in [4.78, 5) is 0. The highest BCUT2D eigenvalue weighted by Crippen LogP contribution is 2.34. The van der Waals surface area contributed by atoms with Gasteiger partial charge in [0.25, 0.3) is 0 Å². The Morgan fingerprint density at radius 3 is 2.61 bits per heavy atom. The fraction of sp³-hybridized carbons (Fsp3) is 0.385. The van der Waals surface area contributed by atoms with Crippen molar-refractivity contribution in [3.05, 3.63) is 41.4 Å². The van der Waals surface area contributed by atoms with E-state index in [-0.39, 0.29) is 11.1 Å². The number of halogens is 4. The van der Waals surface area contributed by atoms with Crippen molar-refractivity contribution in [1.82, 2.24) is 0 Å². The van der Waals surface area contributed by atoms with Crippen LogP contribution in [0.15, 0.2) is 30.9 Å². The molecule has 1 nitrogen and oxygen atoms in total. The molecule has 0 bridgehead atoms. The summed E-state index contributed by atoms with van der Waals surface area (Å²) in [5.74, 6) is 0. The lowest BCUT2D eigenvalue weighted by atomic mass is 10.1. The summed E-state index contributed by atoms with van der Waals surface area (Å²) >= 11 is 5.83. The molecule has 0 saturated carbocycles. The maximum atomic E-state index is 12.4. The molecule has 1 unspecified atom stereocenters. The number of nitrogens with one attached hydrogen (secondary N) is 1. The van der Waals surface area contributed by atoms with Gasteiger partial charge in [-0.05, 0) is 38.0 Å². The van der Waals surface area contributed by atoms with Crippen LogP contribution in [0.3, 0.4) is 0 Å². The molecular formula is C13H15ClF3N. The van der Waals surface area contributed by atoms with Crippen molar-refractivity contribution in [3.8, 4) is 0 Å². The molecule has 0 aliphatic carbocycles. The maximum absolute atomic E-state index is 12.4. The molecule has 0 aromatic heterocycles. The third kappa shape index (κ3) is 4.26. The summed E-state index contributed by atoms with van der Waals surface area (Å²) in [5.41, 5.74) is -0.224. The van der Waals surface area contributed by atoms with E-state index < -0.39 is 11.7 Å². The van der Waals surface area contributed by atoms with Gasteiger partial charge in [0, 0.05) is 6.04 Å². The molecule has 0 fully saturated rings. The van der Waals surface area contributed by atoms with Gasteiger partial charge in [0.2, 0.25) is 0 Å². The van der Waals surface area contributed by atoms with E-state index >= 15 is 0 Å². The molecule has 1 rings (SSSR count). The molecule has 1 aromatic carbocycles. The van der Waals surface area contributed by atoms with Crippen molar-refractivity contribution >= 4 is 17.3 Å². The minimum atomic E-state index is -4.36. The molecule has 1 aromatic rings. The van der Waals surface area contributed by atoms with Gasteiger partial charge in [-0.2, -0.15) is 13.2 Å². The largest absolute Gasteiger partial charge is 0.416 e. The van der Waals surface area contributed by atoms with Crippen LogP contribution in [0.1, 0.15) is 25.3 Å². The number of allylic oxidation sites excluding steroid dienone is 1. The van der Waals surface area contributed by atoms with Gasteiger partial charge in [-0.15, -0.1) is 6.58 Å². The minimum absolute atomic E-state index is 0.0790. The summed E-state index contributed by atoms with van der Waals surface area (Å²) in [6.07, 6.45) is -0.879. The van der Waals surface area contributed by atoms with Crippen LogP contribution in [0.5, 0.6) is 0 Å². The van der Waals surface area contributed by atoms with Gasteiger partial charge < -0.3 is 5.32 Å². The van der Waals surface area contributed by atoms with Gasteiger partial charge in [-0.25, -0.2) is 0 Å². The number of alkyl halides is 3. The predicted molar refractivity (Wildman–Crippen MR) is 69.0 cm³/mol. The SMILES string of the molecule is C=CCCC(C)Nc1ccc(C(F)(F)F)cc1Cl. The molecule has 0 radical (unpaired) electrons. The van der Waals surface area contributed by atoms with Crippen LogP contribution >= 0.6 is 11.6 Å². The maximum Gasteiger partial charge on any atom is 0.416 e. The number of hydrogen-bond donors (Lipinski definition) is 1. The number of hydrogen-bond acceptors (Lipinski definition) is 1. The highest BCUT2D eigenvalue weighted by Gasteiger charge is 2.30. The molecule has 0 aliphatic heterocycles. The third-order valence-electron chi connectivity index (χ3n) is 2.50. The van der Waals surface area contributed by atoms with Gasteiger partial charge >= 0.3 is 6.18 Å². The zero-order valence-corrected chi connectivity index (χ0v) is 10.8. The van der Waals surface area contributed by atoms with E-state index in [4.69, 9.17) is 11.6 Å². The van der Waals surface area contributed by atoms with Crippen LogP contribution in [-0.2, 0) is 6.18 Å². The Morgan fingerprint density at radius 1 is 1.44 bits per heavy atom. The lowest BCUT2D eigenvalue weighted by molar-refractivity contribution is -0.137.